The van der Waals surface area contributed by atoms with Gasteiger partial charge in [-0.1, -0.05) is 6.58 Å². The van der Waals surface area contributed by atoms with Crippen LogP contribution in [0.1, 0.15) is 11.1 Å². The molecule has 0 radical (unpaired) electrons. The van der Waals surface area contributed by atoms with Gasteiger partial charge >= 0.3 is 0 Å². The molecule has 0 atom stereocenters. The summed E-state index contributed by atoms with van der Waals surface area (Å²) in [5.74, 6) is -0.138. The zero-order valence-electron chi connectivity index (χ0n) is 17.2. The maximum atomic E-state index is 13.3. The number of amides is 1. The van der Waals surface area contributed by atoms with Gasteiger partial charge in [0, 0.05) is 36.3 Å². The van der Waals surface area contributed by atoms with Crippen molar-refractivity contribution in [3.05, 3.63) is 96.7 Å². The number of halogens is 1. The molecule has 3 heterocycles. The molecule has 0 aliphatic rings. The van der Waals surface area contributed by atoms with Gasteiger partial charge in [0.2, 0.25) is 5.91 Å². The number of nitrogens with one attached hydrogen (secondary N) is 1. The fraction of sp³-hybridized carbons (Fsp3) is 0.0833. The summed E-state index contributed by atoms with van der Waals surface area (Å²) in [5.41, 5.74) is 10.5. The van der Waals surface area contributed by atoms with Crippen molar-refractivity contribution in [3.63, 3.8) is 0 Å². The third-order valence-electron chi connectivity index (χ3n) is 4.87. The van der Waals surface area contributed by atoms with Crippen LogP contribution in [0.4, 0.5) is 10.2 Å². The molecule has 0 saturated carbocycles. The fourth-order valence-electron chi connectivity index (χ4n) is 3.27. The van der Waals surface area contributed by atoms with Crippen LogP contribution in [0.25, 0.3) is 22.5 Å². The van der Waals surface area contributed by atoms with Gasteiger partial charge in [-0.15, -0.1) is 0 Å². The van der Waals surface area contributed by atoms with Gasteiger partial charge < -0.3 is 11.1 Å². The van der Waals surface area contributed by atoms with Crippen molar-refractivity contribution in [2.24, 2.45) is 0 Å². The van der Waals surface area contributed by atoms with E-state index in [1.165, 1.54) is 18.2 Å². The summed E-state index contributed by atoms with van der Waals surface area (Å²) in [6.07, 6.45) is 6.44. The number of nitrogens with two attached hydrogens (primary N) is 1. The molecule has 32 heavy (non-hydrogen) atoms. The van der Waals surface area contributed by atoms with E-state index in [4.69, 9.17) is 10.8 Å². The Morgan fingerprint density at radius 3 is 2.69 bits per heavy atom. The van der Waals surface area contributed by atoms with E-state index in [0.29, 0.717) is 18.1 Å². The third-order valence-corrected chi connectivity index (χ3v) is 4.87. The first-order valence-corrected chi connectivity index (χ1v) is 9.91. The molecule has 0 fully saturated rings. The predicted molar refractivity (Wildman–Crippen MR) is 121 cm³/mol. The Morgan fingerprint density at radius 2 is 1.94 bits per heavy atom. The molecule has 4 rings (SSSR count). The van der Waals surface area contributed by atoms with E-state index in [-0.39, 0.29) is 18.3 Å². The lowest BCUT2D eigenvalue weighted by Crippen LogP contribution is -2.20. The highest BCUT2D eigenvalue weighted by molar-refractivity contribution is 5.87. The van der Waals surface area contributed by atoms with Crippen LogP contribution >= 0.6 is 0 Å². The third kappa shape index (κ3) is 4.86. The second-order valence-corrected chi connectivity index (χ2v) is 7.14. The Balaban J connectivity index is 1.68. The molecule has 4 aromatic rings. The second-order valence-electron chi connectivity index (χ2n) is 7.14. The van der Waals surface area contributed by atoms with Gasteiger partial charge in [0.05, 0.1) is 17.9 Å². The quantitative estimate of drug-likeness (QED) is 0.439. The SMILES string of the molecule is C=CC(=O)NCc1cnc(-c2ccc(F)cc2)cc1-c1ccn(Cc2ccnc(N)c2)n1. The van der Waals surface area contributed by atoms with E-state index in [2.05, 4.69) is 21.9 Å². The number of anilines is 1. The molecule has 8 heteroatoms. The Morgan fingerprint density at radius 1 is 1.12 bits per heavy atom. The van der Waals surface area contributed by atoms with Crippen LogP contribution in [0.15, 0.2) is 79.8 Å². The van der Waals surface area contributed by atoms with Crippen LogP contribution in [0, 0.1) is 5.82 Å². The first-order valence-electron chi connectivity index (χ1n) is 9.91. The van der Waals surface area contributed by atoms with Crippen LogP contribution in [-0.2, 0) is 17.9 Å². The Labute approximate surface area is 184 Å². The number of benzene rings is 1. The summed E-state index contributed by atoms with van der Waals surface area (Å²) in [6.45, 7) is 4.28. The molecule has 1 aromatic carbocycles. The second kappa shape index (κ2) is 9.22. The Kier molecular flexibility index (Phi) is 6.03. The number of carbonyl (C=O) groups excluding carboxylic acids is 1. The van der Waals surface area contributed by atoms with E-state index in [1.807, 2.05) is 24.4 Å². The molecule has 0 saturated heterocycles. The smallest absolute Gasteiger partial charge is 0.243 e. The minimum atomic E-state index is -0.312. The molecule has 0 unspecified atom stereocenters. The lowest BCUT2D eigenvalue weighted by atomic mass is 10.0. The summed E-state index contributed by atoms with van der Waals surface area (Å²) in [4.78, 5) is 20.2. The van der Waals surface area contributed by atoms with Crippen LogP contribution in [0.3, 0.4) is 0 Å². The molecule has 0 spiro atoms. The van der Waals surface area contributed by atoms with Crippen molar-refractivity contribution in [2.45, 2.75) is 13.1 Å². The van der Waals surface area contributed by atoms with Crippen molar-refractivity contribution < 1.29 is 9.18 Å². The normalized spacial score (nSPS) is 10.7. The first-order chi connectivity index (χ1) is 15.5. The summed E-state index contributed by atoms with van der Waals surface area (Å²) in [7, 11) is 0. The highest BCUT2D eigenvalue weighted by Gasteiger charge is 2.13. The highest BCUT2D eigenvalue weighted by atomic mass is 19.1. The minimum Gasteiger partial charge on any atom is -0.384 e. The standard InChI is InChI=1S/C24H21FN6O/c1-2-24(32)29-14-18-13-28-22(17-3-5-19(25)6-4-17)12-20(18)21-8-10-31(30-21)15-16-7-9-27-23(26)11-16/h2-13H,1,14-15H2,(H2,26,27)(H,29,32). The maximum absolute atomic E-state index is 13.3. The fourth-order valence-corrected chi connectivity index (χ4v) is 3.27. The molecule has 0 aliphatic heterocycles. The van der Waals surface area contributed by atoms with Gasteiger partial charge in [0.25, 0.3) is 0 Å². The summed E-state index contributed by atoms with van der Waals surface area (Å²) in [6, 6.07) is 13.6. The zero-order chi connectivity index (χ0) is 22.5. The predicted octanol–water partition coefficient (Wildman–Crippen LogP) is 3.58. The van der Waals surface area contributed by atoms with Gasteiger partial charge in [-0.2, -0.15) is 5.10 Å². The monoisotopic (exact) mass is 428 g/mol. The first kappa shape index (κ1) is 20.9. The molecular formula is C24H21FN6O. The van der Waals surface area contributed by atoms with Gasteiger partial charge in [0.1, 0.15) is 11.6 Å². The van der Waals surface area contributed by atoms with Crippen LogP contribution in [-0.4, -0.2) is 25.7 Å². The average Bonchev–Trinajstić information content (AvgIpc) is 3.26. The number of pyridine rings is 2. The molecule has 0 bridgehead atoms. The number of nitrogens with zero attached hydrogens (tertiary/aromatic N) is 4. The summed E-state index contributed by atoms with van der Waals surface area (Å²) in [5, 5.41) is 7.47. The number of nitrogen functional groups attached to an aromatic ring is 1. The van der Waals surface area contributed by atoms with E-state index >= 15 is 0 Å². The molecule has 160 valence electrons. The van der Waals surface area contributed by atoms with Crippen molar-refractivity contribution >= 4 is 11.7 Å². The molecule has 7 nitrogen and oxygen atoms in total. The zero-order valence-corrected chi connectivity index (χ0v) is 17.2. The Bertz CT molecular complexity index is 1270. The van der Waals surface area contributed by atoms with Crippen molar-refractivity contribution in [1.29, 1.82) is 0 Å². The molecule has 0 aliphatic carbocycles. The van der Waals surface area contributed by atoms with Crippen molar-refractivity contribution in [2.75, 3.05) is 5.73 Å². The van der Waals surface area contributed by atoms with Gasteiger partial charge in [-0.05, 0) is 65.7 Å². The van der Waals surface area contributed by atoms with Crippen molar-refractivity contribution in [1.82, 2.24) is 25.1 Å². The molecule has 1 amide bonds. The molecular weight excluding hydrogens is 407 g/mol. The summed E-state index contributed by atoms with van der Waals surface area (Å²) >= 11 is 0. The maximum Gasteiger partial charge on any atom is 0.243 e. The average molecular weight is 428 g/mol. The van der Waals surface area contributed by atoms with E-state index < -0.39 is 0 Å². The van der Waals surface area contributed by atoms with E-state index in [9.17, 15) is 9.18 Å². The van der Waals surface area contributed by atoms with Crippen LogP contribution in [0.2, 0.25) is 0 Å². The molecule has 3 N–H and O–H groups in total. The topological polar surface area (TPSA) is 98.7 Å². The number of carbonyl (C=O) groups is 1. The largest absolute Gasteiger partial charge is 0.384 e. The van der Waals surface area contributed by atoms with Crippen LogP contribution < -0.4 is 11.1 Å². The van der Waals surface area contributed by atoms with E-state index in [1.54, 1.807) is 35.3 Å². The molecule has 3 aromatic heterocycles. The van der Waals surface area contributed by atoms with Gasteiger partial charge in [-0.3, -0.25) is 14.5 Å². The number of hydrogen-bond acceptors (Lipinski definition) is 5. The van der Waals surface area contributed by atoms with Crippen molar-refractivity contribution in [3.8, 4) is 22.5 Å². The summed E-state index contributed by atoms with van der Waals surface area (Å²) < 4.78 is 15.1. The van der Waals surface area contributed by atoms with Gasteiger partial charge in [0.15, 0.2) is 0 Å². The lowest BCUT2D eigenvalue weighted by Gasteiger charge is -2.11. The van der Waals surface area contributed by atoms with E-state index in [0.717, 1.165) is 27.9 Å². The lowest BCUT2D eigenvalue weighted by molar-refractivity contribution is -0.116. The number of hydrogen-bond donors (Lipinski definition) is 2. The Hall–Kier alpha value is -4.33. The highest BCUT2D eigenvalue weighted by Crippen LogP contribution is 2.27. The number of rotatable bonds is 7. The van der Waals surface area contributed by atoms with Crippen LogP contribution in [0.5, 0.6) is 0 Å². The number of aromatic nitrogens is 4. The van der Waals surface area contributed by atoms with Gasteiger partial charge in [-0.25, -0.2) is 9.37 Å². The minimum absolute atomic E-state index is 0.268.